The fourth-order valence-electron chi connectivity index (χ4n) is 1.75. The van der Waals surface area contributed by atoms with E-state index in [0.29, 0.717) is 11.8 Å². The Morgan fingerprint density at radius 3 is 2.64 bits per heavy atom. The molecule has 2 aliphatic rings. The number of carbonyl (C=O) groups is 1. The van der Waals surface area contributed by atoms with E-state index in [1.54, 1.807) is 0 Å². The topological polar surface area (TPSA) is 29.1 Å². The lowest BCUT2D eigenvalue weighted by atomic mass is 9.94. The van der Waals surface area contributed by atoms with Crippen molar-refractivity contribution in [3.05, 3.63) is 0 Å². The summed E-state index contributed by atoms with van der Waals surface area (Å²) in [6, 6.07) is 1.27. The average Bonchev–Trinajstić information content (AvgIpc) is 2.71. The third kappa shape index (κ3) is 2.03. The van der Waals surface area contributed by atoms with Gasteiger partial charge in [0.05, 0.1) is 0 Å². The fourth-order valence-corrected chi connectivity index (χ4v) is 1.75. The molecule has 2 nitrogen and oxygen atoms in total. The van der Waals surface area contributed by atoms with Gasteiger partial charge in [0.15, 0.2) is 0 Å². The molecule has 2 saturated carbocycles. The third-order valence-corrected chi connectivity index (χ3v) is 2.53. The second-order valence-electron chi connectivity index (χ2n) is 3.77. The number of rotatable bonds is 2. The lowest BCUT2D eigenvalue weighted by Gasteiger charge is -2.21. The second kappa shape index (κ2) is 2.94. The van der Waals surface area contributed by atoms with Crippen LogP contribution in [0.4, 0.5) is 0 Å². The van der Waals surface area contributed by atoms with Gasteiger partial charge in [0, 0.05) is 24.9 Å². The largest absolute Gasteiger partial charge is 0.311 e. The standard InChI is InChI=1S/C9H15NO/c11-9-3-1-2-8(6-9)10-7-4-5-7/h7-8,10H,1-6H2. The van der Waals surface area contributed by atoms with Crippen LogP contribution in [0.25, 0.3) is 0 Å². The van der Waals surface area contributed by atoms with Crippen LogP contribution in [-0.2, 0) is 4.79 Å². The summed E-state index contributed by atoms with van der Waals surface area (Å²) in [5.41, 5.74) is 0. The van der Waals surface area contributed by atoms with E-state index in [2.05, 4.69) is 5.32 Å². The van der Waals surface area contributed by atoms with Crippen LogP contribution < -0.4 is 5.32 Å². The molecular weight excluding hydrogens is 138 g/mol. The highest BCUT2D eigenvalue weighted by atomic mass is 16.1. The summed E-state index contributed by atoms with van der Waals surface area (Å²) in [5.74, 6) is 0.453. The Balaban J connectivity index is 1.77. The van der Waals surface area contributed by atoms with Gasteiger partial charge in [0.25, 0.3) is 0 Å². The highest BCUT2D eigenvalue weighted by Gasteiger charge is 2.27. The molecule has 0 aliphatic heterocycles. The first-order valence-corrected chi connectivity index (χ1v) is 4.62. The van der Waals surface area contributed by atoms with Crippen molar-refractivity contribution in [2.45, 2.75) is 50.6 Å². The smallest absolute Gasteiger partial charge is 0.134 e. The highest BCUT2D eigenvalue weighted by molar-refractivity contribution is 5.79. The van der Waals surface area contributed by atoms with Gasteiger partial charge < -0.3 is 5.32 Å². The molecule has 0 heterocycles. The fraction of sp³-hybridized carbons (Fsp3) is 0.889. The highest BCUT2D eigenvalue weighted by Crippen LogP contribution is 2.23. The van der Waals surface area contributed by atoms with Gasteiger partial charge in [-0.15, -0.1) is 0 Å². The molecule has 2 aliphatic carbocycles. The number of carbonyl (C=O) groups excluding carboxylic acids is 1. The molecule has 1 N–H and O–H groups in total. The Bertz CT molecular complexity index is 163. The summed E-state index contributed by atoms with van der Waals surface area (Å²) in [7, 11) is 0. The minimum absolute atomic E-state index is 0.453. The molecule has 1 unspecified atom stereocenters. The average molecular weight is 153 g/mol. The number of Topliss-reactive ketones (excluding diaryl/α,β-unsaturated/α-hetero) is 1. The maximum absolute atomic E-state index is 11.0. The van der Waals surface area contributed by atoms with Crippen molar-refractivity contribution in [3.63, 3.8) is 0 Å². The molecule has 0 bridgehead atoms. The number of hydrogen-bond acceptors (Lipinski definition) is 2. The van der Waals surface area contributed by atoms with Crippen LogP contribution in [0.15, 0.2) is 0 Å². The van der Waals surface area contributed by atoms with Crippen LogP contribution in [0.5, 0.6) is 0 Å². The first kappa shape index (κ1) is 7.29. The van der Waals surface area contributed by atoms with Crippen LogP contribution in [0.1, 0.15) is 38.5 Å². The van der Waals surface area contributed by atoms with Crippen LogP contribution in [-0.4, -0.2) is 17.9 Å². The summed E-state index contributed by atoms with van der Waals surface area (Å²) < 4.78 is 0. The molecule has 0 radical (unpaired) electrons. The van der Waals surface area contributed by atoms with E-state index in [1.807, 2.05) is 0 Å². The van der Waals surface area contributed by atoms with E-state index in [0.717, 1.165) is 25.3 Å². The predicted molar refractivity (Wildman–Crippen MR) is 43.4 cm³/mol. The Labute approximate surface area is 67.4 Å². The van der Waals surface area contributed by atoms with E-state index in [-0.39, 0.29) is 0 Å². The van der Waals surface area contributed by atoms with Gasteiger partial charge in [0.2, 0.25) is 0 Å². The zero-order valence-corrected chi connectivity index (χ0v) is 6.81. The van der Waals surface area contributed by atoms with Crippen LogP contribution in [0, 0.1) is 0 Å². The van der Waals surface area contributed by atoms with Crippen molar-refractivity contribution in [2.24, 2.45) is 0 Å². The van der Waals surface area contributed by atoms with Crippen molar-refractivity contribution >= 4 is 5.78 Å². The quantitative estimate of drug-likeness (QED) is 0.647. The van der Waals surface area contributed by atoms with Gasteiger partial charge >= 0.3 is 0 Å². The summed E-state index contributed by atoms with van der Waals surface area (Å²) in [6.07, 6.45) is 6.57. The van der Waals surface area contributed by atoms with E-state index in [9.17, 15) is 4.79 Å². The third-order valence-electron chi connectivity index (χ3n) is 2.53. The molecule has 2 rings (SSSR count). The Morgan fingerprint density at radius 2 is 2.00 bits per heavy atom. The number of hydrogen-bond donors (Lipinski definition) is 1. The molecule has 1 atom stereocenters. The maximum Gasteiger partial charge on any atom is 0.134 e. The van der Waals surface area contributed by atoms with Crippen LogP contribution in [0.3, 0.4) is 0 Å². The van der Waals surface area contributed by atoms with Crippen LogP contribution >= 0.6 is 0 Å². The molecule has 2 fully saturated rings. The van der Waals surface area contributed by atoms with Crippen molar-refractivity contribution in [3.8, 4) is 0 Å². The van der Waals surface area contributed by atoms with Crippen molar-refractivity contribution in [1.82, 2.24) is 5.32 Å². The molecule has 0 aromatic carbocycles. The van der Waals surface area contributed by atoms with Crippen molar-refractivity contribution in [1.29, 1.82) is 0 Å². The minimum Gasteiger partial charge on any atom is -0.311 e. The zero-order valence-electron chi connectivity index (χ0n) is 6.81. The molecule has 62 valence electrons. The van der Waals surface area contributed by atoms with Crippen LogP contribution in [0.2, 0.25) is 0 Å². The first-order chi connectivity index (χ1) is 5.34. The summed E-state index contributed by atoms with van der Waals surface area (Å²) in [6.45, 7) is 0. The summed E-state index contributed by atoms with van der Waals surface area (Å²) in [5, 5.41) is 3.50. The van der Waals surface area contributed by atoms with E-state index in [1.165, 1.54) is 19.3 Å². The minimum atomic E-state index is 0.453. The maximum atomic E-state index is 11.0. The molecule has 11 heavy (non-hydrogen) atoms. The SMILES string of the molecule is O=C1CCCC(NC2CC2)C1. The van der Waals surface area contributed by atoms with Crippen molar-refractivity contribution < 1.29 is 4.79 Å². The van der Waals surface area contributed by atoms with E-state index in [4.69, 9.17) is 0 Å². The molecule has 0 aromatic heterocycles. The molecule has 2 heteroatoms. The normalized spacial score (nSPS) is 32.4. The predicted octanol–water partition coefficient (Wildman–Crippen LogP) is 1.25. The van der Waals surface area contributed by atoms with Gasteiger partial charge in [-0.05, 0) is 25.7 Å². The number of nitrogens with one attached hydrogen (secondary N) is 1. The monoisotopic (exact) mass is 153 g/mol. The summed E-state index contributed by atoms with van der Waals surface area (Å²) >= 11 is 0. The molecule has 0 aromatic rings. The second-order valence-corrected chi connectivity index (χ2v) is 3.77. The molecule has 0 amide bonds. The van der Waals surface area contributed by atoms with Gasteiger partial charge in [0.1, 0.15) is 5.78 Å². The van der Waals surface area contributed by atoms with E-state index < -0.39 is 0 Å². The zero-order chi connectivity index (χ0) is 7.68. The molecule has 0 spiro atoms. The van der Waals surface area contributed by atoms with Gasteiger partial charge in [-0.1, -0.05) is 0 Å². The Hall–Kier alpha value is -0.370. The Kier molecular flexibility index (Phi) is 1.95. The lowest BCUT2D eigenvalue weighted by molar-refractivity contribution is -0.120. The molecular formula is C9H15NO. The molecule has 0 saturated heterocycles. The van der Waals surface area contributed by atoms with Crippen molar-refractivity contribution in [2.75, 3.05) is 0 Å². The lowest BCUT2D eigenvalue weighted by Crippen LogP contribution is -2.35. The van der Waals surface area contributed by atoms with Gasteiger partial charge in [-0.25, -0.2) is 0 Å². The van der Waals surface area contributed by atoms with E-state index >= 15 is 0 Å². The number of ketones is 1. The van der Waals surface area contributed by atoms with Gasteiger partial charge in [-0.3, -0.25) is 4.79 Å². The summed E-state index contributed by atoms with van der Waals surface area (Å²) in [4.78, 5) is 11.0. The first-order valence-electron chi connectivity index (χ1n) is 4.62. The Morgan fingerprint density at radius 1 is 1.18 bits per heavy atom. The van der Waals surface area contributed by atoms with Gasteiger partial charge in [-0.2, -0.15) is 0 Å².